The Bertz CT molecular complexity index is 3040. The van der Waals surface area contributed by atoms with Crippen molar-refractivity contribution < 1.29 is 59.4 Å². The van der Waals surface area contributed by atoms with Crippen LogP contribution in [-0.2, 0) is 43.9 Å². The number of benzene rings is 5. The van der Waals surface area contributed by atoms with Gasteiger partial charge in [0.05, 0.1) is 6.04 Å². The minimum absolute atomic E-state index is 0.00117. The fraction of sp³-hybridized carbons (Fsp3) is 0.216. The Labute approximate surface area is 424 Å². The average Bonchev–Trinajstić information content (AvgIpc) is 3.82. The van der Waals surface area contributed by atoms with Gasteiger partial charge in [-0.25, -0.2) is 9.59 Å². The lowest BCUT2D eigenvalue weighted by molar-refractivity contribution is -0.137. The van der Waals surface area contributed by atoms with Crippen LogP contribution >= 0.6 is 22.2 Å². The second kappa shape index (κ2) is 21.6. The molecule has 3 heterocycles. The van der Waals surface area contributed by atoms with Crippen molar-refractivity contribution in [2.45, 2.75) is 62.3 Å². The Morgan fingerprint density at radius 2 is 1.32 bits per heavy atom. The van der Waals surface area contributed by atoms with Gasteiger partial charge >= 0.3 is 32.9 Å². The number of halogens is 3. The highest BCUT2D eigenvalue weighted by molar-refractivity contribution is 8.27. The van der Waals surface area contributed by atoms with Crippen LogP contribution in [0, 0.1) is 5.92 Å². The Morgan fingerprint density at radius 3 is 1.79 bits per heavy atom. The summed E-state index contributed by atoms with van der Waals surface area (Å²) in [5.41, 5.74) is -3.62. The molecule has 2 aliphatic heterocycles. The number of carbonyl (C=O) groups excluding carboxylic acids is 4. The third-order valence-electron chi connectivity index (χ3n) is 11.4. The van der Waals surface area contributed by atoms with Crippen molar-refractivity contribution in [2.75, 3.05) is 5.32 Å². The summed E-state index contributed by atoms with van der Waals surface area (Å²) < 4.78 is 79.9. The number of hydrogen-bond acceptors (Lipinski definition) is 14. The van der Waals surface area contributed by atoms with E-state index < -0.39 is 90.1 Å². The van der Waals surface area contributed by atoms with Crippen LogP contribution in [0.1, 0.15) is 73.2 Å². The molecule has 6 aromatic rings. The molecule has 3 atom stereocenters. The third-order valence-corrected chi connectivity index (χ3v) is 15.1. The summed E-state index contributed by atoms with van der Waals surface area (Å²) in [7, 11) is -8.31. The van der Waals surface area contributed by atoms with Crippen molar-refractivity contribution in [1.82, 2.24) is 19.1 Å². The second-order valence-electron chi connectivity index (χ2n) is 17.3. The van der Waals surface area contributed by atoms with E-state index in [1.807, 2.05) is 42.5 Å². The number of nitrogens with zero attached hydrogens (tertiary/aromatic N) is 4. The lowest BCUT2D eigenvalue weighted by Gasteiger charge is -2.49. The molecule has 2 N–H and O–H groups in total. The monoisotopic (exact) mass is 1050 g/mol. The number of fused-ring (bicyclic) bond motifs is 1. The molecule has 22 heteroatoms. The van der Waals surface area contributed by atoms with Gasteiger partial charge in [-0.3, -0.25) is 19.2 Å². The quantitative estimate of drug-likeness (QED) is 0.0120. The smallest absolute Gasteiger partial charge is 0.444 e. The molecule has 1 saturated heterocycles. The van der Waals surface area contributed by atoms with Crippen molar-refractivity contribution >= 4 is 71.2 Å². The first-order valence-corrected chi connectivity index (χ1v) is 25.7. The highest BCUT2D eigenvalue weighted by atomic mass is 32.2. The van der Waals surface area contributed by atoms with Crippen molar-refractivity contribution in [1.29, 1.82) is 0 Å². The van der Waals surface area contributed by atoms with Gasteiger partial charge in [0, 0.05) is 62.0 Å². The molecule has 0 saturated carbocycles. The van der Waals surface area contributed by atoms with Crippen molar-refractivity contribution in [2.24, 2.45) is 11.1 Å². The van der Waals surface area contributed by atoms with Gasteiger partial charge in [-0.15, -0.1) is 0 Å². The van der Waals surface area contributed by atoms with Gasteiger partial charge in [-0.2, -0.15) is 36.4 Å². The van der Waals surface area contributed by atoms with Crippen LogP contribution in [-0.4, -0.2) is 73.0 Å². The number of hydroxylamine groups is 1. The summed E-state index contributed by atoms with van der Waals surface area (Å²) in [6.45, 7) is 4.97. The number of β-lactam (4-membered cyclic amide) rings is 1. The Balaban J connectivity index is 1.22. The maximum atomic E-state index is 14.7. The lowest BCUT2D eigenvalue weighted by atomic mass is 9.74. The van der Waals surface area contributed by atoms with E-state index >= 15 is 0 Å². The lowest BCUT2D eigenvalue weighted by Crippen LogP contribution is -2.55. The second-order valence-corrected chi connectivity index (χ2v) is 21.4. The molecule has 0 spiro atoms. The van der Waals surface area contributed by atoms with E-state index in [4.69, 9.17) is 14.4 Å². The normalized spacial score (nSPS) is 17.3. The zero-order chi connectivity index (χ0) is 52.0. The Kier molecular flexibility index (Phi) is 15.3. The summed E-state index contributed by atoms with van der Waals surface area (Å²) in [6.07, 6.45) is 0.517. The Hall–Kier alpha value is -7.69. The zero-order valence-corrected chi connectivity index (χ0v) is 41.4. The molecule has 1 aromatic heterocycles. The highest BCUT2D eigenvalue weighted by Crippen LogP contribution is 2.50. The number of aromatic nitrogens is 2. The predicted molar refractivity (Wildman–Crippen MR) is 267 cm³/mol. The van der Waals surface area contributed by atoms with Crippen molar-refractivity contribution in [3.8, 4) is 0 Å². The van der Waals surface area contributed by atoms with Crippen LogP contribution in [0.2, 0.25) is 0 Å². The molecule has 0 bridgehead atoms. The van der Waals surface area contributed by atoms with E-state index in [1.54, 1.807) is 130 Å². The largest absolute Gasteiger partial charge is 0.534 e. The molecule has 2 aliphatic rings. The van der Waals surface area contributed by atoms with Gasteiger partial charge in [-0.05, 0) is 44.4 Å². The molecule has 0 aliphatic carbocycles. The predicted octanol–water partition coefficient (Wildman–Crippen LogP) is 9.95. The van der Waals surface area contributed by atoms with Gasteiger partial charge in [0.25, 0.3) is 0 Å². The topological polar surface area (TPSA) is 205 Å². The maximum absolute atomic E-state index is 14.7. The number of nitrogens with one attached hydrogen (secondary N) is 2. The van der Waals surface area contributed by atoms with Crippen LogP contribution in [0.4, 0.5) is 27.9 Å². The van der Waals surface area contributed by atoms with Gasteiger partial charge in [0.2, 0.25) is 28.2 Å². The van der Waals surface area contributed by atoms with E-state index in [0.29, 0.717) is 34.5 Å². The minimum Gasteiger partial charge on any atom is -0.444 e. The first kappa shape index (κ1) is 51.7. The number of allylic oxidation sites excluding steroid dienone is 1. The molecule has 0 radical (unpaired) electrons. The van der Waals surface area contributed by atoms with Crippen molar-refractivity contribution in [3.05, 3.63) is 198 Å². The maximum Gasteiger partial charge on any atom is 0.534 e. The summed E-state index contributed by atoms with van der Waals surface area (Å²) >= 11 is 0.662. The molecule has 73 heavy (non-hydrogen) atoms. The molecular weight excluding hydrogens is 1010 g/mol. The summed E-state index contributed by atoms with van der Waals surface area (Å²) in [5.74, 6) is -3.58. The standard InChI is InChI=1S/C51H45F3N6O10S3/c1-49(2,3)68-47(63)56-46-55-44(59-71-46)43(57-70-50(35-23-13-6-14-24-35,36-25-15-7-16-26-36)37-27-17-8-18-28-37)45(62)58-69-48(64)72-40(29-30-67-73(65,66)51(52,53)54)39(31-38-32-41(61)60(38)72)42(33-19-9-4-10-20-33)34-21-11-5-12-22-34/h4-30,38-39,42H,31-32H2,1-3H3,(H,58,62)(H,55,56,59,63)/t38-,39?,72?/m1/s1. The van der Waals surface area contributed by atoms with E-state index in [1.165, 1.54) is 4.31 Å². The molecule has 3 amide bonds. The number of oxime groups is 1. The molecule has 1 fully saturated rings. The number of rotatable bonds is 14. The summed E-state index contributed by atoms with van der Waals surface area (Å²) in [5, 5.41) is 5.48. The number of hydrogen-bond donors (Lipinski definition) is 2. The number of amides is 3. The Morgan fingerprint density at radius 1 is 0.808 bits per heavy atom. The van der Waals surface area contributed by atoms with E-state index in [9.17, 15) is 40.8 Å². The highest BCUT2D eigenvalue weighted by Gasteiger charge is 2.51. The average molecular weight is 1060 g/mol. The van der Waals surface area contributed by atoms with Crippen LogP contribution in [0.25, 0.3) is 0 Å². The molecule has 8 rings (SSSR count). The van der Waals surface area contributed by atoms with Crippen molar-refractivity contribution in [3.63, 3.8) is 0 Å². The molecule has 16 nitrogen and oxygen atoms in total. The van der Waals surface area contributed by atoms with Crippen LogP contribution < -0.4 is 10.8 Å². The number of ether oxygens (including phenoxy) is 1. The summed E-state index contributed by atoms with van der Waals surface area (Å²) in [4.78, 5) is 72.0. The fourth-order valence-electron chi connectivity index (χ4n) is 8.34. The van der Waals surface area contributed by atoms with Crippen LogP contribution in [0.15, 0.2) is 169 Å². The fourth-order valence-corrected chi connectivity index (χ4v) is 11.3. The first-order valence-electron chi connectivity index (χ1n) is 22.3. The number of anilines is 1. The number of carbonyl (C=O) groups is 4. The molecule has 5 aromatic carbocycles. The van der Waals surface area contributed by atoms with Crippen LogP contribution in [0.3, 0.4) is 0 Å². The first-order chi connectivity index (χ1) is 34.9. The van der Waals surface area contributed by atoms with E-state index in [2.05, 4.69) is 29.5 Å². The minimum atomic E-state index is -6.16. The van der Waals surface area contributed by atoms with Gasteiger partial charge < -0.3 is 18.6 Å². The SMILES string of the molecule is CC(C)(C)OC(=O)Nc1nc(C(=NOC(c2ccccc2)(c2ccccc2)c2ccccc2)C(=O)NOC(=O)S2=C(C=COS(=O)(=O)C(F)(F)F)C(C(c3ccccc3)c3ccccc3)C[C@@H]3CC(=O)N32)ns1. The van der Waals surface area contributed by atoms with Gasteiger partial charge in [0.1, 0.15) is 11.9 Å². The molecular formula is C51H45F3N6O10S3. The third kappa shape index (κ3) is 11.5. The molecule has 378 valence electrons. The summed E-state index contributed by atoms with van der Waals surface area (Å²) in [6, 6.07) is 44.4. The number of alkyl halides is 3. The van der Waals surface area contributed by atoms with E-state index in [0.717, 1.165) is 17.2 Å². The van der Waals surface area contributed by atoms with Gasteiger partial charge in [-0.1, -0.05) is 157 Å². The zero-order valence-electron chi connectivity index (χ0n) is 39.0. The van der Waals surface area contributed by atoms with Crippen LogP contribution in [0.5, 0.6) is 0 Å². The molecule has 2 unspecified atom stereocenters. The van der Waals surface area contributed by atoms with Gasteiger partial charge in [0.15, 0.2) is 0 Å². The van der Waals surface area contributed by atoms with E-state index in [-0.39, 0.29) is 22.8 Å².